The number of H-pyrrole nitrogens is 1. The number of likely N-dealkylation sites (tertiary alicyclic amines) is 1. The quantitative estimate of drug-likeness (QED) is 0.633. The molecule has 8 heteroatoms. The predicted octanol–water partition coefficient (Wildman–Crippen LogP) is 4.00. The molecule has 0 bridgehead atoms. The minimum Gasteiger partial charge on any atom is -0.497 e. The van der Waals surface area contributed by atoms with Crippen LogP contribution in [0, 0.1) is 0 Å². The lowest BCUT2D eigenvalue weighted by Gasteiger charge is -2.23. The lowest BCUT2D eigenvalue weighted by molar-refractivity contribution is -0.129. The number of carbonyl (C=O) groups is 1. The average Bonchev–Trinajstić information content (AvgIpc) is 3.47. The van der Waals surface area contributed by atoms with Gasteiger partial charge >= 0.3 is 0 Å². The first-order chi connectivity index (χ1) is 13.2. The molecule has 0 unspecified atom stereocenters. The van der Waals surface area contributed by atoms with Gasteiger partial charge in [-0.3, -0.25) is 9.89 Å². The van der Waals surface area contributed by atoms with Crippen LogP contribution in [0.25, 0.3) is 11.4 Å². The van der Waals surface area contributed by atoms with Gasteiger partial charge in [0.25, 0.3) is 0 Å². The molecule has 1 amide bonds. The second-order valence-electron chi connectivity index (χ2n) is 6.24. The monoisotopic (exact) mass is 400 g/mol. The van der Waals surface area contributed by atoms with Gasteiger partial charge in [-0.2, -0.15) is 0 Å². The van der Waals surface area contributed by atoms with Crippen molar-refractivity contribution in [2.45, 2.75) is 24.0 Å². The molecule has 6 nitrogen and oxygen atoms in total. The number of thiophene rings is 1. The van der Waals surface area contributed by atoms with E-state index in [1.165, 1.54) is 16.6 Å². The van der Waals surface area contributed by atoms with Crippen LogP contribution >= 0.6 is 23.1 Å². The number of methoxy groups -OCH3 is 1. The number of nitrogens with zero attached hydrogens (tertiary/aromatic N) is 3. The minimum atomic E-state index is 0.145. The Hall–Kier alpha value is -2.32. The molecule has 140 valence electrons. The number of thioether (sulfide) groups is 1. The lowest BCUT2D eigenvalue weighted by Crippen LogP contribution is -2.31. The van der Waals surface area contributed by atoms with Gasteiger partial charge in [-0.1, -0.05) is 17.8 Å². The SMILES string of the molecule is COc1ccc(-c2nc(SCC(=O)N3CCC[C@@H]3c3cccs3)n[nH]2)cc1. The second kappa shape index (κ2) is 8.14. The molecule has 0 aliphatic carbocycles. The normalized spacial score (nSPS) is 16.6. The number of nitrogens with one attached hydrogen (secondary N) is 1. The van der Waals surface area contributed by atoms with E-state index in [0.29, 0.717) is 16.7 Å². The summed E-state index contributed by atoms with van der Waals surface area (Å²) in [5.74, 6) is 1.98. The Morgan fingerprint density at radius 2 is 2.22 bits per heavy atom. The Kier molecular flexibility index (Phi) is 5.45. The highest BCUT2D eigenvalue weighted by atomic mass is 32.2. The van der Waals surface area contributed by atoms with Crippen molar-refractivity contribution < 1.29 is 9.53 Å². The van der Waals surface area contributed by atoms with Crippen LogP contribution in [0.4, 0.5) is 0 Å². The van der Waals surface area contributed by atoms with Crippen molar-refractivity contribution in [3.05, 3.63) is 46.7 Å². The lowest BCUT2D eigenvalue weighted by atomic mass is 10.2. The van der Waals surface area contributed by atoms with Gasteiger partial charge in [0.1, 0.15) is 5.75 Å². The predicted molar refractivity (Wildman–Crippen MR) is 107 cm³/mol. The third kappa shape index (κ3) is 4.01. The van der Waals surface area contributed by atoms with E-state index in [1.807, 2.05) is 35.2 Å². The fraction of sp³-hybridized carbons (Fsp3) is 0.316. The summed E-state index contributed by atoms with van der Waals surface area (Å²) in [6.45, 7) is 0.826. The number of aromatic nitrogens is 3. The first-order valence-corrected chi connectivity index (χ1v) is 10.6. The molecule has 1 fully saturated rings. The molecule has 1 atom stereocenters. The number of hydrogen-bond acceptors (Lipinski definition) is 6. The van der Waals surface area contributed by atoms with Crippen molar-refractivity contribution in [2.75, 3.05) is 19.4 Å². The summed E-state index contributed by atoms with van der Waals surface area (Å²) in [5, 5.41) is 9.82. The van der Waals surface area contributed by atoms with E-state index in [-0.39, 0.29) is 11.9 Å². The Labute approximate surface area is 166 Å². The topological polar surface area (TPSA) is 71.1 Å². The zero-order valence-electron chi connectivity index (χ0n) is 14.9. The number of aromatic amines is 1. The van der Waals surface area contributed by atoms with Crippen molar-refractivity contribution in [3.63, 3.8) is 0 Å². The number of hydrogen-bond donors (Lipinski definition) is 1. The van der Waals surface area contributed by atoms with Gasteiger partial charge in [0.05, 0.1) is 18.9 Å². The van der Waals surface area contributed by atoms with Crippen LogP contribution in [-0.4, -0.2) is 45.4 Å². The van der Waals surface area contributed by atoms with E-state index in [0.717, 1.165) is 30.7 Å². The molecule has 1 N–H and O–H groups in total. The Bertz CT molecular complexity index is 893. The number of ether oxygens (including phenoxy) is 1. The summed E-state index contributed by atoms with van der Waals surface area (Å²) in [5.41, 5.74) is 0.929. The van der Waals surface area contributed by atoms with E-state index >= 15 is 0 Å². The van der Waals surface area contributed by atoms with E-state index in [9.17, 15) is 4.79 Å². The highest BCUT2D eigenvalue weighted by molar-refractivity contribution is 7.99. The van der Waals surface area contributed by atoms with Crippen LogP contribution in [-0.2, 0) is 4.79 Å². The van der Waals surface area contributed by atoms with Gasteiger partial charge in [0.15, 0.2) is 5.82 Å². The molecule has 27 heavy (non-hydrogen) atoms. The summed E-state index contributed by atoms with van der Waals surface area (Å²) in [4.78, 5) is 20.5. The van der Waals surface area contributed by atoms with Crippen molar-refractivity contribution in [1.82, 2.24) is 20.1 Å². The Morgan fingerprint density at radius 1 is 1.37 bits per heavy atom. The maximum absolute atomic E-state index is 12.7. The fourth-order valence-electron chi connectivity index (χ4n) is 3.24. The Morgan fingerprint density at radius 3 is 2.96 bits per heavy atom. The molecule has 0 radical (unpaired) electrons. The first kappa shape index (κ1) is 18.1. The summed E-state index contributed by atoms with van der Waals surface area (Å²) >= 11 is 3.09. The molecule has 2 aromatic heterocycles. The van der Waals surface area contributed by atoms with E-state index in [4.69, 9.17) is 4.74 Å². The molecule has 1 aliphatic rings. The first-order valence-electron chi connectivity index (χ1n) is 8.77. The largest absolute Gasteiger partial charge is 0.497 e. The summed E-state index contributed by atoms with van der Waals surface area (Å²) in [6, 6.07) is 12.0. The van der Waals surface area contributed by atoms with E-state index < -0.39 is 0 Å². The van der Waals surface area contributed by atoms with Crippen molar-refractivity contribution in [2.24, 2.45) is 0 Å². The molecule has 4 rings (SSSR count). The highest BCUT2D eigenvalue weighted by Gasteiger charge is 2.30. The summed E-state index contributed by atoms with van der Waals surface area (Å²) < 4.78 is 5.17. The van der Waals surface area contributed by atoms with Gasteiger partial charge in [-0.15, -0.1) is 16.4 Å². The summed E-state index contributed by atoms with van der Waals surface area (Å²) in [7, 11) is 1.64. The number of amides is 1. The smallest absolute Gasteiger partial charge is 0.233 e. The van der Waals surface area contributed by atoms with Crippen molar-refractivity contribution in [1.29, 1.82) is 0 Å². The van der Waals surface area contributed by atoms with E-state index in [1.54, 1.807) is 18.4 Å². The minimum absolute atomic E-state index is 0.145. The van der Waals surface area contributed by atoms with Gasteiger partial charge in [0, 0.05) is 17.0 Å². The van der Waals surface area contributed by atoms with Gasteiger partial charge in [-0.25, -0.2) is 4.98 Å². The molecule has 1 aromatic carbocycles. The standard InChI is InChI=1S/C19H20N4O2S2/c1-25-14-8-6-13(7-9-14)18-20-19(22-21-18)27-12-17(24)23-10-2-4-15(23)16-5-3-11-26-16/h3,5-9,11,15H,2,4,10,12H2,1H3,(H,20,21,22)/t15-/m1/s1. The molecule has 0 spiro atoms. The maximum atomic E-state index is 12.7. The van der Waals surface area contributed by atoms with E-state index in [2.05, 4.69) is 26.6 Å². The molecule has 1 saturated heterocycles. The van der Waals surface area contributed by atoms with Gasteiger partial charge in [0.2, 0.25) is 11.1 Å². The number of benzene rings is 1. The zero-order valence-corrected chi connectivity index (χ0v) is 16.6. The van der Waals surface area contributed by atoms with Crippen LogP contribution in [0.3, 0.4) is 0 Å². The molecule has 3 heterocycles. The average molecular weight is 401 g/mol. The van der Waals surface area contributed by atoms with Crippen molar-refractivity contribution >= 4 is 29.0 Å². The fourth-order valence-corrected chi connectivity index (χ4v) is 4.80. The molecule has 1 aliphatic heterocycles. The molecular weight excluding hydrogens is 380 g/mol. The highest BCUT2D eigenvalue weighted by Crippen LogP contribution is 2.35. The van der Waals surface area contributed by atoms with Crippen molar-refractivity contribution in [3.8, 4) is 17.1 Å². The van der Waals surface area contributed by atoms with Crippen LogP contribution in [0.5, 0.6) is 5.75 Å². The number of carbonyl (C=O) groups excluding carboxylic acids is 1. The molecule has 3 aromatic rings. The van der Waals surface area contributed by atoms with Gasteiger partial charge < -0.3 is 9.64 Å². The Balaban J connectivity index is 1.37. The molecule has 0 saturated carbocycles. The van der Waals surface area contributed by atoms with Gasteiger partial charge in [-0.05, 0) is 48.6 Å². The summed E-state index contributed by atoms with van der Waals surface area (Å²) in [6.07, 6.45) is 2.10. The third-order valence-electron chi connectivity index (χ3n) is 4.60. The third-order valence-corrected chi connectivity index (χ3v) is 6.40. The van der Waals surface area contributed by atoms with Crippen LogP contribution in [0.1, 0.15) is 23.8 Å². The molecular formula is C19H20N4O2S2. The second-order valence-corrected chi connectivity index (χ2v) is 8.17. The zero-order chi connectivity index (χ0) is 18.6. The van der Waals surface area contributed by atoms with Crippen LogP contribution in [0.2, 0.25) is 0 Å². The van der Waals surface area contributed by atoms with Crippen LogP contribution < -0.4 is 4.74 Å². The van der Waals surface area contributed by atoms with Crippen LogP contribution in [0.15, 0.2) is 46.9 Å². The maximum Gasteiger partial charge on any atom is 0.233 e. The number of rotatable bonds is 6.